The molecule has 14 heavy (non-hydrogen) atoms. The van der Waals surface area contributed by atoms with Crippen molar-refractivity contribution in [3.05, 3.63) is 24.3 Å². The lowest BCUT2D eigenvalue weighted by molar-refractivity contribution is -0.134. The predicted molar refractivity (Wildman–Crippen MR) is 50.4 cm³/mol. The van der Waals surface area contributed by atoms with Crippen molar-refractivity contribution < 1.29 is 14.7 Å². The van der Waals surface area contributed by atoms with Crippen LogP contribution in [0.25, 0.3) is 0 Å². The summed E-state index contributed by atoms with van der Waals surface area (Å²) < 4.78 is 0. The maximum atomic E-state index is 11.5. The Morgan fingerprint density at radius 2 is 1.64 bits per heavy atom. The molecule has 0 aromatic carbocycles. The molecule has 4 atom stereocenters. The minimum atomic E-state index is -0.808. The van der Waals surface area contributed by atoms with E-state index in [1.165, 1.54) is 12.2 Å². The van der Waals surface area contributed by atoms with E-state index in [1.54, 1.807) is 12.2 Å². The topological polar surface area (TPSA) is 54.4 Å². The highest BCUT2D eigenvalue weighted by Gasteiger charge is 2.42. The van der Waals surface area contributed by atoms with E-state index in [1.807, 2.05) is 6.92 Å². The first kappa shape index (κ1) is 9.34. The van der Waals surface area contributed by atoms with Gasteiger partial charge >= 0.3 is 0 Å². The van der Waals surface area contributed by atoms with Crippen molar-refractivity contribution in [2.45, 2.75) is 13.0 Å². The van der Waals surface area contributed by atoms with E-state index in [0.717, 1.165) is 0 Å². The number of hydrogen-bond acceptors (Lipinski definition) is 3. The molecular formula is C11H12O3. The third-order valence-electron chi connectivity index (χ3n) is 3.00. The third-order valence-corrected chi connectivity index (χ3v) is 3.00. The lowest BCUT2D eigenvalue weighted by Crippen LogP contribution is -2.44. The highest BCUT2D eigenvalue weighted by molar-refractivity contribution is 6.08. The molecule has 74 valence electrons. The minimum absolute atomic E-state index is 0.0322. The van der Waals surface area contributed by atoms with Crippen molar-refractivity contribution >= 4 is 11.6 Å². The van der Waals surface area contributed by atoms with Crippen LogP contribution in [0, 0.1) is 17.8 Å². The summed E-state index contributed by atoms with van der Waals surface area (Å²) in [6.07, 6.45) is 5.20. The van der Waals surface area contributed by atoms with Crippen molar-refractivity contribution in [3.8, 4) is 0 Å². The van der Waals surface area contributed by atoms with Crippen LogP contribution >= 0.6 is 0 Å². The van der Waals surface area contributed by atoms with Gasteiger partial charge in [0.2, 0.25) is 0 Å². The molecule has 2 aliphatic carbocycles. The zero-order valence-corrected chi connectivity index (χ0v) is 7.88. The average Bonchev–Trinajstić information content (AvgIpc) is 2.16. The lowest BCUT2D eigenvalue weighted by atomic mass is 9.69. The van der Waals surface area contributed by atoms with Crippen LogP contribution in [0.15, 0.2) is 24.3 Å². The van der Waals surface area contributed by atoms with Gasteiger partial charge in [0.15, 0.2) is 11.6 Å². The van der Waals surface area contributed by atoms with E-state index in [9.17, 15) is 14.7 Å². The first-order valence-electron chi connectivity index (χ1n) is 4.73. The van der Waals surface area contributed by atoms with Gasteiger partial charge in [-0.3, -0.25) is 9.59 Å². The molecule has 0 spiro atoms. The summed E-state index contributed by atoms with van der Waals surface area (Å²) in [4.78, 5) is 23.0. The minimum Gasteiger partial charge on any atom is -0.388 e. The highest BCUT2D eigenvalue weighted by Crippen LogP contribution is 2.34. The SMILES string of the molecule is CC1C=CC(O)C2C(=O)C=CC(=O)C12. The van der Waals surface area contributed by atoms with Crippen LogP contribution in [0.4, 0.5) is 0 Å². The van der Waals surface area contributed by atoms with E-state index in [2.05, 4.69) is 0 Å². The Morgan fingerprint density at radius 1 is 1.07 bits per heavy atom. The Morgan fingerprint density at radius 3 is 2.21 bits per heavy atom. The number of fused-ring (bicyclic) bond motifs is 1. The summed E-state index contributed by atoms with van der Waals surface area (Å²) in [6, 6.07) is 0. The number of carbonyl (C=O) groups is 2. The largest absolute Gasteiger partial charge is 0.388 e. The molecule has 0 saturated heterocycles. The molecule has 0 radical (unpaired) electrons. The van der Waals surface area contributed by atoms with Gasteiger partial charge in [-0.1, -0.05) is 19.1 Å². The molecule has 4 unspecified atom stereocenters. The van der Waals surface area contributed by atoms with Gasteiger partial charge in [-0.05, 0) is 18.1 Å². The number of ketones is 2. The maximum Gasteiger partial charge on any atom is 0.162 e. The number of hydrogen-bond donors (Lipinski definition) is 1. The van der Waals surface area contributed by atoms with Gasteiger partial charge in [0.05, 0.1) is 12.0 Å². The molecular weight excluding hydrogens is 180 g/mol. The van der Waals surface area contributed by atoms with Gasteiger partial charge in [0.25, 0.3) is 0 Å². The fraction of sp³-hybridized carbons (Fsp3) is 0.455. The summed E-state index contributed by atoms with van der Waals surface area (Å²) >= 11 is 0. The quantitative estimate of drug-likeness (QED) is 0.568. The van der Waals surface area contributed by atoms with E-state index < -0.39 is 12.0 Å². The molecule has 0 heterocycles. The fourth-order valence-electron chi connectivity index (χ4n) is 2.24. The Labute approximate surface area is 82.1 Å². The zero-order valence-electron chi connectivity index (χ0n) is 7.88. The second-order valence-corrected chi connectivity index (χ2v) is 3.92. The maximum absolute atomic E-state index is 11.5. The third kappa shape index (κ3) is 1.24. The van der Waals surface area contributed by atoms with Crippen LogP contribution < -0.4 is 0 Å². The number of allylic oxidation sites excluding steroid dienone is 3. The predicted octanol–water partition coefficient (Wildman–Crippen LogP) is 0.494. The van der Waals surface area contributed by atoms with Gasteiger partial charge in [-0.25, -0.2) is 0 Å². The molecule has 3 nitrogen and oxygen atoms in total. The first-order valence-corrected chi connectivity index (χ1v) is 4.73. The van der Waals surface area contributed by atoms with Crippen LogP contribution in [0.1, 0.15) is 6.92 Å². The van der Waals surface area contributed by atoms with E-state index >= 15 is 0 Å². The van der Waals surface area contributed by atoms with E-state index in [0.29, 0.717) is 0 Å². The van der Waals surface area contributed by atoms with Crippen LogP contribution in [0.2, 0.25) is 0 Å². The van der Waals surface area contributed by atoms with Crippen LogP contribution in [-0.2, 0) is 9.59 Å². The molecule has 0 bridgehead atoms. The zero-order chi connectivity index (χ0) is 10.3. The standard InChI is InChI=1S/C11H12O3/c1-6-2-3-8(13)11-9(14)5-4-7(12)10(6)11/h2-6,8,10-11,13H,1H3. The smallest absolute Gasteiger partial charge is 0.162 e. The lowest BCUT2D eigenvalue weighted by Gasteiger charge is -2.34. The summed E-state index contributed by atoms with van der Waals surface area (Å²) in [5, 5.41) is 9.62. The molecule has 3 heteroatoms. The summed E-state index contributed by atoms with van der Waals surface area (Å²) in [6.45, 7) is 1.89. The van der Waals surface area contributed by atoms with Crippen molar-refractivity contribution in [2.24, 2.45) is 17.8 Å². The molecule has 2 rings (SSSR count). The summed E-state index contributed by atoms with van der Waals surface area (Å²) in [5.74, 6) is -1.09. The highest BCUT2D eigenvalue weighted by atomic mass is 16.3. The Balaban J connectivity index is 2.43. The number of aliphatic hydroxyl groups excluding tert-OH is 1. The normalized spacial score (nSPS) is 41.3. The van der Waals surface area contributed by atoms with Gasteiger partial charge in [-0.15, -0.1) is 0 Å². The van der Waals surface area contributed by atoms with Crippen LogP contribution in [-0.4, -0.2) is 22.8 Å². The van der Waals surface area contributed by atoms with E-state index in [-0.39, 0.29) is 23.4 Å². The van der Waals surface area contributed by atoms with Gasteiger partial charge < -0.3 is 5.11 Å². The fourth-order valence-corrected chi connectivity index (χ4v) is 2.24. The van der Waals surface area contributed by atoms with Crippen molar-refractivity contribution in [3.63, 3.8) is 0 Å². The molecule has 0 aromatic heterocycles. The second-order valence-electron chi connectivity index (χ2n) is 3.92. The van der Waals surface area contributed by atoms with Crippen molar-refractivity contribution in [2.75, 3.05) is 0 Å². The van der Waals surface area contributed by atoms with Crippen LogP contribution in [0.3, 0.4) is 0 Å². The first-order chi connectivity index (χ1) is 6.61. The molecule has 0 aliphatic heterocycles. The van der Waals surface area contributed by atoms with Crippen molar-refractivity contribution in [1.29, 1.82) is 0 Å². The average molecular weight is 192 g/mol. The number of aliphatic hydroxyl groups is 1. The molecule has 2 aliphatic rings. The van der Waals surface area contributed by atoms with Crippen LogP contribution in [0.5, 0.6) is 0 Å². The number of rotatable bonds is 0. The monoisotopic (exact) mass is 192 g/mol. The Bertz CT molecular complexity index is 308. The molecule has 0 amide bonds. The van der Waals surface area contributed by atoms with E-state index in [4.69, 9.17) is 0 Å². The van der Waals surface area contributed by atoms with Gasteiger partial charge in [-0.2, -0.15) is 0 Å². The molecule has 0 aromatic rings. The molecule has 1 N–H and O–H groups in total. The molecule has 0 saturated carbocycles. The Hall–Kier alpha value is -1.22. The number of carbonyl (C=O) groups excluding carboxylic acids is 2. The summed E-state index contributed by atoms with van der Waals surface area (Å²) in [7, 11) is 0. The molecule has 0 fully saturated rings. The Kier molecular flexibility index (Phi) is 2.11. The summed E-state index contributed by atoms with van der Waals surface area (Å²) in [5.41, 5.74) is 0. The van der Waals surface area contributed by atoms with Crippen molar-refractivity contribution in [1.82, 2.24) is 0 Å². The van der Waals surface area contributed by atoms with Gasteiger partial charge in [0.1, 0.15) is 0 Å². The van der Waals surface area contributed by atoms with Gasteiger partial charge in [0, 0.05) is 5.92 Å². The second kappa shape index (κ2) is 3.17.